The van der Waals surface area contributed by atoms with E-state index in [0.29, 0.717) is 23.6 Å². The van der Waals surface area contributed by atoms with Gasteiger partial charge in [0, 0.05) is 17.9 Å². The predicted octanol–water partition coefficient (Wildman–Crippen LogP) is 4.79. The van der Waals surface area contributed by atoms with Gasteiger partial charge in [0.15, 0.2) is 0 Å². The Hall–Kier alpha value is -3.84. The van der Waals surface area contributed by atoms with Crippen LogP contribution in [0.25, 0.3) is 0 Å². The van der Waals surface area contributed by atoms with Crippen molar-refractivity contribution in [1.82, 2.24) is 5.32 Å². The van der Waals surface area contributed by atoms with E-state index in [9.17, 15) is 9.59 Å². The molecule has 1 aliphatic rings. The fourth-order valence-electron chi connectivity index (χ4n) is 3.88. The predicted molar refractivity (Wildman–Crippen MR) is 137 cm³/mol. The molecule has 0 bridgehead atoms. The lowest BCUT2D eigenvalue weighted by molar-refractivity contribution is -0.114. The number of ether oxygens (including phenoxy) is 2. The maximum atomic E-state index is 12.6. The molecule has 3 aromatic carbocycles. The van der Waals surface area contributed by atoms with Gasteiger partial charge in [-0.15, -0.1) is 0 Å². The zero-order valence-corrected chi connectivity index (χ0v) is 19.8. The van der Waals surface area contributed by atoms with Gasteiger partial charge in [0.1, 0.15) is 12.4 Å². The van der Waals surface area contributed by atoms with Gasteiger partial charge in [-0.1, -0.05) is 42.5 Å². The van der Waals surface area contributed by atoms with Crippen LogP contribution in [0, 0.1) is 0 Å². The van der Waals surface area contributed by atoms with Gasteiger partial charge >= 0.3 is 0 Å². The number of para-hydroxylation sites is 2. The van der Waals surface area contributed by atoms with Crippen LogP contribution in [0.1, 0.15) is 41.7 Å². The van der Waals surface area contributed by atoms with Crippen molar-refractivity contribution in [2.24, 2.45) is 0 Å². The third-order valence-corrected chi connectivity index (χ3v) is 5.86. The van der Waals surface area contributed by atoms with Crippen molar-refractivity contribution in [3.63, 3.8) is 0 Å². The van der Waals surface area contributed by atoms with Crippen molar-refractivity contribution in [2.75, 3.05) is 30.4 Å². The van der Waals surface area contributed by atoms with Crippen LogP contribution in [-0.2, 0) is 9.53 Å². The molecular weight excluding hydrogens is 442 g/mol. The Morgan fingerprint density at radius 1 is 1.00 bits per heavy atom. The zero-order valence-electron chi connectivity index (χ0n) is 19.8. The van der Waals surface area contributed by atoms with E-state index in [1.807, 2.05) is 61.5 Å². The molecule has 182 valence electrons. The van der Waals surface area contributed by atoms with E-state index in [1.54, 1.807) is 24.3 Å². The van der Waals surface area contributed by atoms with Crippen LogP contribution in [0.5, 0.6) is 5.75 Å². The first-order valence-corrected chi connectivity index (χ1v) is 11.9. The third-order valence-electron chi connectivity index (χ3n) is 5.86. The molecule has 0 aromatic heterocycles. The largest absolute Gasteiger partial charge is 0.489 e. The molecule has 1 aliphatic heterocycles. The van der Waals surface area contributed by atoms with Crippen LogP contribution >= 0.6 is 0 Å². The van der Waals surface area contributed by atoms with Gasteiger partial charge in [0.25, 0.3) is 5.91 Å². The van der Waals surface area contributed by atoms with E-state index in [2.05, 4.69) is 16.0 Å². The molecule has 2 unspecified atom stereocenters. The van der Waals surface area contributed by atoms with Crippen molar-refractivity contribution in [3.8, 4) is 5.75 Å². The Bertz CT molecular complexity index is 1110. The molecule has 1 heterocycles. The lowest BCUT2D eigenvalue weighted by Crippen LogP contribution is -2.26. The van der Waals surface area contributed by atoms with E-state index in [-0.39, 0.29) is 30.5 Å². The molecule has 7 heteroatoms. The minimum Gasteiger partial charge on any atom is -0.489 e. The first-order valence-electron chi connectivity index (χ1n) is 11.9. The van der Waals surface area contributed by atoms with E-state index < -0.39 is 0 Å². The lowest BCUT2D eigenvalue weighted by atomic mass is 10.1. The molecule has 35 heavy (non-hydrogen) atoms. The molecule has 7 nitrogen and oxygen atoms in total. The standard InChI is InChI=1S/C28H31N3O4/c1-20(21-8-3-2-4-9-21)30-28(33)22-13-15-23(16-14-22)29-18-27(32)31-25-11-5-6-12-26(25)35-19-24-10-7-17-34-24/h2-6,8-9,11-16,20,24,29H,7,10,17-19H2,1H3,(H,30,33)(H,31,32). The van der Waals surface area contributed by atoms with Crippen LogP contribution in [0.4, 0.5) is 11.4 Å². The van der Waals surface area contributed by atoms with Crippen molar-refractivity contribution in [1.29, 1.82) is 0 Å². The van der Waals surface area contributed by atoms with Crippen molar-refractivity contribution in [2.45, 2.75) is 31.9 Å². The molecule has 0 saturated carbocycles. The number of rotatable bonds is 10. The monoisotopic (exact) mass is 473 g/mol. The highest BCUT2D eigenvalue weighted by molar-refractivity contribution is 5.96. The number of benzene rings is 3. The van der Waals surface area contributed by atoms with E-state index >= 15 is 0 Å². The van der Waals surface area contributed by atoms with E-state index in [4.69, 9.17) is 9.47 Å². The van der Waals surface area contributed by atoms with Gasteiger partial charge in [-0.3, -0.25) is 9.59 Å². The molecule has 3 N–H and O–H groups in total. The highest BCUT2D eigenvalue weighted by Crippen LogP contribution is 2.25. The lowest BCUT2D eigenvalue weighted by Gasteiger charge is -2.16. The second kappa shape index (κ2) is 12.0. The fourth-order valence-corrected chi connectivity index (χ4v) is 3.88. The van der Waals surface area contributed by atoms with E-state index in [0.717, 1.165) is 30.7 Å². The number of hydrogen-bond acceptors (Lipinski definition) is 5. The summed E-state index contributed by atoms with van der Waals surface area (Å²) in [4.78, 5) is 25.1. The average Bonchev–Trinajstić information content (AvgIpc) is 3.41. The average molecular weight is 474 g/mol. The van der Waals surface area contributed by atoms with E-state index in [1.165, 1.54) is 0 Å². The smallest absolute Gasteiger partial charge is 0.251 e. The van der Waals surface area contributed by atoms with Gasteiger partial charge in [-0.2, -0.15) is 0 Å². The Labute approximate surface area is 205 Å². The van der Waals surface area contributed by atoms with Gasteiger partial charge in [-0.05, 0) is 61.7 Å². The maximum Gasteiger partial charge on any atom is 0.251 e. The number of nitrogens with one attached hydrogen (secondary N) is 3. The third kappa shape index (κ3) is 7.07. The summed E-state index contributed by atoms with van der Waals surface area (Å²) in [7, 11) is 0. The topological polar surface area (TPSA) is 88.7 Å². The quantitative estimate of drug-likeness (QED) is 0.394. The van der Waals surface area contributed by atoms with Crippen LogP contribution in [-0.4, -0.2) is 37.7 Å². The number of carbonyl (C=O) groups is 2. The summed E-state index contributed by atoms with van der Waals surface area (Å²) < 4.78 is 11.5. The summed E-state index contributed by atoms with van der Waals surface area (Å²) in [5.74, 6) is 0.276. The van der Waals surface area contributed by atoms with Crippen molar-refractivity contribution < 1.29 is 19.1 Å². The van der Waals surface area contributed by atoms with Gasteiger partial charge in [0.2, 0.25) is 5.91 Å². The SMILES string of the molecule is CC(NC(=O)c1ccc(NCC(=O)Nc2ccccc2OCC2CCCO2)cc1)c1ccccc1. The minimum atomic E-state index is -0.198. The second-order valence-electron chi connectivity index (χ2n) is 8.53. The molecular formula is C28H31N3O4. The highest BCUT2D eigenvalue weighted by atomic mass is 16.5. The maximum absolute atomic E-state index is 12.6. The molecule has 0 radical (unpaired) electrons. The minimum absolute atomic E-state index is 0.0800. The first-order chi connectivity index (χ1) is 17.1. The zero-order chi connectivity index (χ0) is 24.5. The second-order valence-corrected chi connectivity index (χ2v) is 8.53. The summed E-state index contributed by atoms with van der Waals surface area (Å²) in [5, 5.41) is 8.98. The number of amides is 2. The molecule has 1 saturated heterocycles. The Morgan fingerprint density at radius 3 is 2.49 bits per heavy atom. The van der Waals surface area contributed by atoms with Crippen LogP contribution < -0.4 is 20.7 Å². The molecule has 0 aliphatic carbocycles. The van der Waals surface area contributed by atoms with Gasteiger partial charge in [0.05, 0.1) is 24.4 Å². The number of hydrogen-bond donors (Lipinski definition) is 3. The molecule has 1 fully saturated rings. The Balaban J connectivity index is 1.25. The summed E-state index contributed by atoms with van der Waals surface area (Å²) in [6, 6.07) is 24.1. The molecule has 3 aromatic rings. The van der Waals surface area contributed by atoms with Crippen molar-refractivity contribution in [3.05, 3.63) is 90.0 Å². The van der Waals surface area contributed by atoms with Crippen LogP contribution in [0.15, 0.2) is 78.9 Å². The molecule has 2 atom stereocenters. The summed E-state index contributed by atoms with van der Waals surface area (Å²) in [6.07, 6.45) is 2.15. The Morgan fingerprint density at radius 2 is 1.74 bits per heavy atom. The number of anilines is 2. The van der Waals surface area contributed by atoms with Crippen molar-refractivity contribution >= 4 is 23.2 Å². The molecule has 0 spiro atoms. The fraction of sp³-hybridized carbons (Fsp3) is 0.286. The molecule has 4 rings (SSSR count). The highest BCUT2D eigenvalue weighted by Gasteiger charge is 2.17. The number of carbonyl (C=O) groups excluding carboxylic acids is 2. The normalized spacial score (nSPS) is 15.7. The van der Waals surface area contributed by atoms with Crippen LogP contribution in [0.3, 0.4) is 0 Å². The van der Waals surface area contributed by atoms with Crippen LogP contribution in [0.2, 0.25) is 0 Å². The first kappa shape index (κ1) is 24.3. The Kier molecular flexibility index (Phi) is 8.35. The summed E-state index contributed by atoms with van der Waals surface area (Å²) in [5.41, 5.74) is 2.97. The van der Waals surface area contributed by atoms with Gasteiger partial charge < -0.3 is 25.4 Å². The molecule has 2 amide bonds. The van der Waals surface area contributed by atoms with Gasteiger partial charge in [-0.25, -0.2) is 0 Å². The summed E-state index contributed by atoms with van der Waals surface area (Å²) >= 11 is 0. The summed E-state index contributed by atoms with van der Waals surface area (Å²) in [6.45, 7) is 3.27.